The van der Waals surface area contributed by atoms with Crippen molar-refractivity contribution in [3.63, 3.8) is 0 Å². The molecule has 2 aromatic heterocycles. The van der Waals surface area contributed by atoms with Gasteiger partial charge in [-0.15, -0.1) is 0 Å². The van der Waals surface area contributed by atoms with Crippen LogP contribution in [0.25, 0.3) is 22.2 Å². The summed E-state index contributed by atoms with van der Waals surface area (Å²) in [5, 5.41) is 1.23. The Morgan fingerprint density at radius 2 is 2.06 bits per heavy atom. The lowest BCUT2D eigenvalue weighted by Crippen LogP contribution is -1.86. The van der Waals surface area contributed by atoms with Crippen LogP contribution in [0.5, 0.6) is 0 Å². The first-order chi connectivity index (χ1) is 7.84. The van der Waals surface area contributed by atoms with E-state index in [0.717, 1.165) is 11.3 Å². The van der Waals surface area contributed by atoms with Crippen LogP contribution in [0.4, 0.5) is 0 Å². The molecule has 0 atom stereocenters. The van der Waals surface area contributed by atoms with E-state index in [1.54, 1.807) is 12.5 Å². The Labute approximate surface area is 93.4 Å². The molecule has 0 fully saturated rings. The summed E-state index contributed by atoms with van der Waals surface area (Å²) in [4.78, 5) is 8.17. The molecule has 0 unspecified atom stereocenters. The summed E-state index contributed by atoms with van der Waals surface area (Å²) in [6.45, 7) is 0. The summed E-state index contributed by atoms with van der Waals surface area (Å²) in [6.07, 6.45) is 5.40. The first kappa shape index (κ1) is 9.09. The summed E-state index contributed by atoms with van der Waals surface area (Å²) in [5.74, 6) is 0. The first-order valence-corrected chi connectivity index (χ1v) is 5.16. The van der Waals surface area contributed by atoms with Crippen molar-refractivity contribution in [2.45, 2.75) is 0 Å². The number of fused-ring (bicyclic) bond motifs is 1. The molecule has 0 N–H and O–H groups in total. The van der Waals surface area contributed by atoms with Crippen LogP contribution in [-0.2, 0) is 7.05 Å². The van der Waals surface area contributed by atoms with Crippen LogP contribution in [-0.4, -0.2) is 14.5 Å². The molecule has 0 spiro atoms. The number of aromatic nitrogens is 3. The Hall–Kier alpha value is -2.16. The van der Waals surface area contributed by atoms with Gasteiger partial charge in [-0.05, 0) is 24.3 Å². The number of benzene rings is 1. The fraction of sp³-hybridized carbons (Fsp3) is 0.0769. The van der Waals surface area contributed by atoms with Crippen molar-refractivity contribution in [3.05, 3.63) is 49.1 Å². The van der Waals surface area contributed by atoms with Gasteiger partial charge in [-0.25, -0.2) is 9.97 Å². The number of aryl methyl sites for hydroxylation is 1. The van der Waals surface area contributed by atoms with Gasteiger partial charge < -0.3 is 4.57 Å². The summed E-state index contributed by atoms with van der Waals surface area (Å²) in [6, 6.07) is 10.4. The summed E-state index contributed by atoms with van der Waals surface area (Å²) in [7, 11) is 2.05. The fourth-order valence-corrected chi connectivity index (χ4v) is 1.90. The third-order valence-corrected chi connectivity index (χ3v) is 2.76. The van der Waals surface area contributed by atoms with Crippen LogP contribution in [0.3, 0.4) is 0 Å². The van der Waals surface area contributed by atoms with Gasteiger partial charge in [0.25, 0.3) is 0 Å². The highest BCUT2D eigenvalue weighted by molar-refractivity contribution is 5.84. The van der Waals surface area contributed by atoms with Gasteiger partial charge in [-0.1, -0.05) is 6.07 Å². The second-order valence-electron chi connectivity index (χ2n) is 3.79. The highest BCUT2D eigenvalue weighted by Gasteiger charge is 2.02. The molecule has 0 aliphatic rings. The van der Waals surface area contributed by atoms with Gasteiger partial charge in [-0.2, -0.15) is 0 Å². The van der Waals surface area contributed by atoms with Crippen molar-refractivity contribution in [1.82, 2.24) is 14.5 Å². The number of hydrogen-bond donors (Lipinski definition) is 0. The summed E-state index contributed by atoms with van der Waals surface area (Å²) in [5.41, 5.74) is 3.32. The number of nitrogens with zero attached hydrogens (tertiary/aromatic N) is 3. The average Bonchev–Trinajstić information content (AvgIpc) is 2.72. The Morgan fingerprint density at radius 3 is 2.88 bits per heavy atom. The van der Waals surface area contributed by atoms with Gasteiger partial charge in [0.15, 0.2) is 0 Å². The first-order valence-electron chi connectivity index (χ1n) is 5.16. The van der Waals surface area contributed by atoms with Crippen molar-refractivity contribution in [2.75, 3.05) is 0 Å². The van der Waals surface area contributed by atoms with E-state index < -0.39 is 0 Å². The molecule has 3 aromatic rings. The molecule has 3 heteroatoms. The predicted molar refractivity (Wildman–Crippen MR) is 63.9 cm³/mol. The maximum atomic E-state index is 4.24. The molecule has 2 heterocycles. The van der Waals surface area contributed by atoms with Gasteiger partial charge in [-0.3, -0.25) is 0 Å². The zero-order chi connectivity index (χ0) is 11.0. The zero-order valence-electron chi connectivity index (χ0n) is 8.96. The maximum absolute atomic E-state index is 4.24. The molecule has 0 saturated heterocycles. The predicted octanol–water partition coefficient (Wildman–Crippen LogP) is 2.64. The van der Waals surface area contributed by atoms with E-state index in [4.69, 9.17) is 0 Å². The highest BCUT2D eigenvalue weighted by atomic mass is 14.9. The van der Waals surface area contributed by atoms with Crippen molar-refractivity contribution in [2.24, 2.45) is 7.05 Å². The van der Waals surface area contributed by atoms with E-state index >= 15 is 0 Å². The third kappa shape index (κ3) is 1.37. The van der Waals surface area contributed by atoms with Crippen molar-refractivity contribution >= 4 is 10.9 Å². The van der Waals surface area contributed by atoms with Crippen LogP contribution >= 0.6 is 0 Å². The van der Waals surface area contributed by atoms with Crippen LogP contribution < -0.4 is 0 Å². The van der Waals surface area contributed by atoms with Crippen LogP contribution in [0.1, 0.15) is 0 Å². The maximum Gasteiger partial charge on any atom is 0.116 e. The molecule has 3 nitrogen and oxygen atoms in total. The van der Waals surface area contributed by atoms with E-state index in [1.165, 1.54) is 10.9 Å². The van der Waals surface area contributed by atoms with Crippen LogP contribution in [0.15, 0.2) is 49.1 Å². The smallest absolute Gasteiger partial charge is 0.116 e. The average molecular weight is 209 g/mol. The molecule has 0 aliphatic heterocycles. The molecule has 0 radical (unpaired) electrons. The standard InChI is InChI=1S/C13H11N3/c1-16-7-5-11-8-10(2-3-13(11)16)12-4-6-14-9-15-12/h2-9H,1H3. The number of hydrogen-bond acceptors (Lipinski definition) is 2. The van der Waals surface area contributed by atoms with Gasteiger partial charge in [0.2, 0.25) is 0 Å². The summed E-state index contributed by atoms with van der Waals surface area (Å²) < 4.78 is 2.11. The van der Waals surface area contributed by atoms with E-state index in [9.17, 15) is 0 Å². The molecule has 16 heavy (non-hydrogen) atoms. The molecule has 0 saturated carbocycles. The highest BCUT2D eigenvalue weighted by Crippen LogP contribution is 2.22. The quantitative estimate of drug-likeness (QED) is 0.616. The van der Waals surface area contributed by atoms with Crippen molar-refractivity contribution in [1.29, 1.82) is 0 Å². The molecule has 3 rings (SSSR count). The second kappa shape index (κ2) is 3.45. The minimum absolute atomic E-state index is 0.959. The van der Waals surface area contributed by atoms with Gasteiger partial charge >= 0.3 is 0 Å². The lowest BCUT2D eigenvalue weighted by Gasteiger charge is -2.01. The normalized spacial score (nSPS) is 10.8. The second-order valence-corrected chi connectivity index (χ2v) is 3.79. The van der Waals surface area contributed by atoms with E-state index in [1.807, 2.05) is 13.1 Å². The Kier molecular flexibility index (Phi) is 1.96. The van der Waals surface area contributed by atoms with E-state index in [-0.39, 0.29) is 0 Å². The molecular formula is C13H11N3. The molecule has 0 bridgehead atoms. The zero-order valence-corrected chi connectivity index (χ0v) is 8.96. The van der Waals surface area contributed by atoms with Crippen LogP contribution in [0.2, 0.25) is 0 Å². The van der Waals surface area contributed by atoms with Crippen molar-refractivity contribution in [3.8, 4) is 11.3 Å². The van der Waals surface area contributed by atoms with Gasteiger partial charge in [0, 0.05) is 35.9 Å². The monoisotopic (exact) mass is 209 g/mol. The molecule has 0 aliphatic carbocycles. The molecule has 78 valence electrons. The third-order valence-electron chi connectivity index (χ3n) is 2.76. The Balaban J connectivity index is 2.19. The lowest BCUT2D eigenvalue weighted by molar-refractivity contribution is 0.969. The molecule has 1 aromatic carbocycles. The van der Waals surface area contributed by atoms with Gasteiger partial charge in [0.05, 0.1) is 5.69 Å². The Morgan fingerprint density at radius 1 is 1.12 bits per heavy atom. The Bertz CT molecular complexity index is 626. The lowest BCUT2D eigenvalue weighted by atomic mass is 10.1. The van der Waals surface area contributed by atoms with Crippen molar-refractivity contribution < 1.29 is 0 Å². The molecular weight excluding hydrogens is 198 g/mol. The van der Waals surface area contributed by atoms with Gasteiger partial charge in [0.1, 0.15) is 6.33 Å². The largest absolute Gasteiger partial charge is 0.351 e. The van der Waals surface area contributed by atoms with Crippen LogP contribution in [0, 0.1) is 0 Å². The fourth-order valence-electron chi connectivity index (χ4n) is 1.90. The minimum atomic E-state index is 0.959. The van der Waals surface area contributed by atoms with E-state index in [2.05, 4.69) is 45.0 Å². The topological polar surface area (TPSA) is 30.7 Å². The number of rotatable bonds is 1. The SMILES string of the molecule is Cn1ccc2cc(-c3ccncn3)ccc21. The minimum Gasteiger partial charge on any atom is -0.351 e. The van der Waals surface area contributed by atoms with E-state index in [0.29, 0.717) is 0 Å². The summed E-state index contributed by atoms with van der Waals surface area (Å²) >= 11 is 0. The molecule has 0 amide bonds.